The quantitative estimate of drug-likeness (QED) is 0.393. The topological polar surface area (TPSA) is 17.1 Å². The molecule has 2 aliphatic rings. The summed E-state index contributed by atoms with van der Waals surface area (Å²) in [6, 6.07) is 18.3. The molecule has 1 nitrogen and oxygen atoms in total. The van der Waals surface area contributed by atoms with E-state index in [1.165, 1.54) is 11.6 Å². The van der Waals surface area contributed by atoms with Gasteiger partial charge >= 0.3 is 6.18 Å². The van der Waals surface area contributed by atoms with Crippen molar-refractivity contribution < 1.29 is 17.4 Å². The lowest BCUT2D eigenvalue weighted by atomic mass is 9.77. The molecule has 0 N–H and O–H groups in total. The van der Waals surface area contributed by atoms with E-state index in [0.29, 0.717) is 12.2 Å². The Bertz CT molecular complexity index is 1300. The average molecular weight is 467 g/mol. The molecule has 0 fully saturated rings. The van der Waals surface area contributed by atoms with E-state index in [0.717, 1.165) is 56.3 Å². The standard InChI is InChI=1S/C28H25F3OS/c1-18-2-8-23(9-3-18)33(32)15-14-19-4-10-24-20(16-19)5-11-27-25-13-7-22(28(29,30)31)17-21(25)6-12-26(24)27/h2-5,7-11,13,16,22H,6,12,14-15,17H2,1H3. The van der Waals surface area contributed by atoms with Gasteiger partial charge in [0.15, 0.2) is 0 Å². The van der Waals surface area contributed by atoms with Crippen molar-refractivity contribution in [2.24, 2.45) is 5.92 Å². The lowest BCUT2D eigenvalue weighted by Gasteiger charge is -2.29. The zero-order valence-corrected chi connectivity index (χ0v) is 19.2. The van der Waals surface area contributed by atoms with E-state index in [1.54, 1.807) is 6.08 Å². The van der Waals surface area contributed by atoms with Crippen LogP contribution in [0.1, 0.15) is 35.1 Å². The molecule has 3 aromatic rings. The monoisotopic (exact) mass is 466 g/mol. The third kappa shape index (κ3) is 4.43. The lowest BCUT2D eigenvalue weighted by molar-refractivity contribution is -0.160. The molecular weight excluding hydrogens is 441 g/mol. The van der Waals surface area contributed by atoms with Crippen LogP contribution in [0.5, 0.6) is 0 Å². The van der Waals surface area contributed by atoms with Gasteiger partial charge in [-0.05, 0) is 77.8 Å². The van der Waals surface area contributed by atoms with Gasteiger partial charge in [-0.3, -0.25) is 4.21 Å². The Kier molecular flexibility index (Phi) is 5.77. The second-order valence-corrected chi connectivity index (χ2v) is 10.6. The smallest absolute Gasteiger partial charge is 0.254 e. The minimum atomic E-state index is -4.18. The van der Waals surface area contributed by atoms with Crippen LogP contribution in [0.15, 0.2) is 77.2 Å². The SMILES string of the molecule is Cc1ccc(S(=O)CCc2ccc3c4c(ccc3c2)C2=C(CC4)CC(C(F)(F)F)C=C2)cc1. The van der Waals surface area contributed by atoms with E-state index in [4.69, 9.17) is 0 Å². The van der Waals surface area contributed by atoms with Crippen molar-refractivity contribution in [1.29, 1.82) is 0 Å². The summed E-state index contributed by atoms with van der Waals surface area (Å²) >= 11 is 0. The first kappa shape index (κ1) is 22.1. The average Bonchev–Trinajstić information content (AvgIpc) is 2.81. The first-order valence-electron chi connectivity index (χ1n) is 11.3. The van der Waals surface area contributed by atoms with Crippen LogP contribution >= 0.6 is 0 Å². The van der Waals surface area contributed by atoms with Crippen molar-refractivity contribution in [3.05, 3.63) is 94.6 Å². The van der Waals surface area contributed by atoms with Crippen LogP contribution < -0.4 is 0 Å². The van der Waals surface area contributed by atoms with E-state index in [1.807, 2.05) is 31.2 Å². The number of hydrogen-bond donors (Lipinski definition) is 0. The van der Waals surface area contributed by atoms with Crippen molar-refractivity contribution in [3.63, 3.8) is 0 Å². The van der Waals surface area contributed by atoms with Crippen LogP contribution in [0.3, 0.4) is 0 Å². The van der Waals surface area contributed by atoms with Crippen molar-refractivity contribution in [2.75, 3.05) is 5.75 Å². The van der Waals surface area contributed by atoms with Gasteiger partial charge in [-0.2, -0.15) is 13.2 Å². The van der Waals surface area contributed by atoms with Crippen LogP contribution in [0.25, 0.3) is 16.3 Å². The first-order chi connectivity index (χ1) is 15.8. The molecule has 0 heterocycles. The third-order valence-corrected chi connectivity index (χ3v) is 8.16. The van der Waals surface area contributed by atoms with Gasteiger partial charge in [0, 0.05) is 10.6 Å². The fourth-order valence-corrected chi connectivity index (χ4v) is 6.03. The molecule has 33 heavy (non-hydrogen) atoms. The Balaban J connectivity index is 1.37. The van der Waals surface area contributed by atoms with Gasteiger partial charge < -0.3 is 0 Å². The predicted molar refractivity (Wildman–Crippen MR) is 129 cm³/mol. The number of rotatable bonds is 4. The highest BCUT2D eigenvalue weighted by molar-refractivity contribution is 7.85. The first-order valence-corrected chi connectivity index (χ1v) is 12.6. The number of aryl methyl sites for hydroxylation is 3. The van der Waals surface area contributed by atoms with E-state index in [-0.39, 0.29) is 6.42 Å². The van der Waals surface area contributed by atoms with Crippen LogP contribution in [-0.4, -0.2) is 16.1 Å². The van der Waals surface area contributed by atoms with Crippen molar-refractivity contribution in [2.45, 2.75) is 43.7 Å². The molecule has 5 heteroatoms. The van der Waals surface area contributed by atoms with Gasteiger partial charge in [0.25, 0.3) is 0 Å². The molecule has 2 atom stereocenters. The normalized spacial score (nSPS) is 18.8. The molecule has 0 spiro atoms. The maximum atomic E-state index is 13.2. The zero-order chi connectivity index (χ0) is 23.2. The molecule has 0 aromatic heterocycles. The van der Waals surface area contributed by atoms with Crippen LogP contribution in [-0.2, 0) is 23.6 Å². The second kappa shape index (κ2) is 8.60. The molecule has 0 bridgehead atoms. The zero-order valence-electron chi connectivity index (χ0n) is 18.4. The number of halogens is 3. The summed E-state index contributed by atoms with van der Waals surface area (Å²) < 4.78 is 52.2. The Morgan fingerprint density at radius 1 is 1.00 bits per heavy atom. The number of fused-ring (bicyclic) bond motifs is 4. The Labute approximate surface area is 194 Å². The lowest BCUT2D eigenvalue weighted by Crippen LogP contribution is -2.24. The minimum Gasteiger partial charge on any atom is -0.254 e. The summed E-state index contributed by atoms with van der Waals surface area (Å²) in [6.07, 6.45) is 1.05. The molecule has 0 saturated heterocycles. The van der Waals surface area contributed by atoms with Gasteiger partial charge in [0.2, 0.25) is 0 Å². The van der Waals surface area contributed by atoms with Gasteiger partial charge in [0.05, 0.1) is 16.7 Å². The van der Waals surface area contributed by atoms with Crippen LogP contribution in [0, 0.1) is 12.8 Å². The molecule has 0 aliphatic heterocycles. The van der Waals surface area contributed by atoms with Gasteiger partial charge in [-0.1, -0.05) is 65.8 Å². The Hall–Kier alpha value is -2.66. The molecule has 5 rings (SSSR count). The number of alkyl halides is 3. The van der Waals surface area contributed by atoms with Crippen LogP contribution in [0.2, 0.25) is 0 Å². The molecule has 3 aromatic carbocycles. The summed E-state index contributed by atoms with van der Waals surface area (Å²) in [7, 11) is -1.04. The predicted octanol–water partition coefficient (Wildman–Crippen LogP) is 7.34. The summed E-state index contributed by atoms with van der Waals surface area (Å²) in [4.78, 5) is 0.854. The number of allylic oxidation sites excluding steroid dienone is 4. The molecule has 170 valence electrons. The third-order valence-electron chi connectivity index (χ3n) is 6.79. The van der Waals surface area contributed by atoms with E-state index >= 15 is 0 Å². The summed E-state index contributed by atoms with van der Waals surface area (Å²) in [5.41, 5.74) is 6.47. The molecular formula is C28H25F3OS. The molecule has 2 aliphatic carbocycles. The fraction of sp³-hybridized carbons (Fsp3) is 0.286. The van der Waals surface area contributed by atoms with E-state index in [2.05, 4.69) is 30.3 Å². The molecule has 0 amide bonds. The highest BCUT2D eigenvalue weighted by Gasteiger charge is 2.40. The summed E-state index contributed by atoms with van der Waals surface area (Å²) in [6.45, 7) is 2.02. The molecule has 0 radical (unpaired) electrons. The summed E-state index contributed by atoms with van der Waals surface area (Å²) in [5.74, 6) is -0.799. The largest absolute Gasteiger partial charge is 0.395 e. The van der Waals surface area contributed by atoms with Crippen molar-refractivity contribution in [1.82, 2.24) is 0 Å². The van der Waals surface area contributed by atoms with E-state index < -0.39 is 22.9 Å². The highest BCUT2D eigenvalue weighted by atomic mass is 32.2. The second-order valence-electron chi connectivity index (χ2n) is 8.99. The van der Waals surface area contributed by atoms with Crippen LogP contribution in [0.4, 0.5) is 13.2 Å². The Morgan fingerprint density at radius 2 is 1.79 bits per heavy atom. The number of benzene rings is 3. The number of hydrogen-bond acceptors (Lipinski definition) is 1. The van der Waals surface area contributed by atoms with Crippen molar-refractivity contribution >= 4 is 27.1 Å². The highest BCUT2D eigenvalue weighted by Crippen LogP contribution is 2.44. The minimum absolute atomic E-state index is 0.0733. The maximum Gasteiger partial charge on any atom is 0.395 e. The molecule has 2 unspecified atom stereocenters. The van der Waals surface area contributed by atoms with Gasteiger partial charge in [-0.25, -0.2) is 0 Å². The van der Waals surface area contributed by atoms with Gasteiger partial charge in [-0.15, -0.1) is 0 Å². The Morgan fingerprint density at radius 3 is 2.55 bits per heavy atom. The van der Waals surface area contributed by atoms with Gasteiger partial charge in [0.1, 0.15) is 0 Å². The summed E-state index contributed by atoms with van der Waals surface area (Å²) in [5, 5.41) is 2.29. The molecule has 0 saturated carbocycles. The maximum absolute atomic E-state index is 13.2. The fourth-order valence-electron chi connectivity index (χ4n) is 4.93. The van der Waals surface area contributed by atoms with Crippen molar-refractivity contribution in [3.8, 4) is 0 Å². The van der Waals surface area contributed by atoms with E-state index in [9.17, 15) is 17.4 Å².